The smallest absolute Gasteiger partial charge is 0.263 e. The number of carbonyl (C=O) groups excluding carboxylic acids is 1. The van der Waals surface area contributed by atoms with Crippen LogP contribution in [0.25, 0.3) is 10.6 Å². The van der Waals surface area contributed by atoms with Crippen LogP contribution in [-0.4, -0.2) is 34.8 Å². The largest absolute Gasteiger partial charge is 0.493 e. The minimum Gasteiger partial charge on any atom is -0.493 e. The van der Waals surface area contributed by atoms with Crippen LogP contribution in [0.4, 0.5) is 0 Å². The lowest BCUT2D eigenvalue weighted by Crippen LogP contribution is -2.45. The summed E-state index contributed by atoms with van der Waals surface area (Å²) in [5.41, 5.74) is 1.80. The van der Waals surface area contributed by atoms with Gasteiger partial charge in [-0.25, -0.2) is 4.98 Å². The zero-order chi connectivity index (χ0) is 17.2. The van der Waals surface area contributed by atoms with Gasteiger partial charge >= 0.3 is 0 Å². The van der Waals surface area contributed by atoms with Crippen molar-refractivity contribution < 1.29 is 14.6 Å². The quantitative estimate of drug-likeness (QED) is 0.843. The highest BCUT2D eigenvalue weighted by Gasteiger charge is 2.25. The highest BCUT2D eigenvalue weighted by atomic mass is 32.1. The summed E-state index contributed by atoms with van der Waals surface area (Å²) < 4.78 is 5.52. The van der Waals surface area contributed by atoms with Gasteiger partial charge in [0.15, 0.2) is 0 Å². The van der Waals surface area contributed by atoms with E-state index in [9.17, 15) is 9.90 Å². The molecule has 1 aliphatic heterocycles. The number of aromatic nitrogens is 1. The first-order chi connectivity index (χ1) is 11.5. The molecule has 0 aliphatic carbocycles. The molecule has 1 atom stereocenters. The van der Waals surface area contributed by atoms with E-state index in [0.29, 0.717) is 11.3 Å². The molecule has 0 saturated carbocycles. The molecule has 1 aliphatic rings. The van der Waals surface area contributed by atoms with Gasteiger partial charge in [0.1, 0.15) is 15.6 Å². The van der Waals surface area contributed by atoms with Crippen molar-refractivity contribution in [1.82, 2.24) is 10.3 Å². The van der Waals surface area contributed by atoms with E-state index in [1.54, 1.807) is 6.20 Å². The summed E-state index contributed by atoms with van der Waals surface area (Å²) >= 11 is 1.38. The second-order valence-corrected chi connectivity index (χ2v) is 7.32. The molecule has 1 aromatic carbocycles. The first-order valence-electron chi connectivity index (χ1n) is 8.20. The van der Waals surface area contributed by atoms with Crippen LogP contribution >= 0.6 is 11.3 Å². The summed E-state index contributed by atoms with van der Waals surface area (Å²) in [6, 6.07) is 6.03. The Hall–Kier alpha value is -1.92. The topological polar surface area (TPSA) is 71.5 Å². The highest BCUT2D eigenvalue weighted by Crippen LogP contribution is 2.32. The Morgan fingerprint density at radius 2 is 2.33 bits per heavy atom. The van der Waals surface area contributed by atoms with Gasteiger partial charge in [-0.2, -0.15) is 0 Å². The highest BCUT2D eigenvalue weighted by molar-refractivity contribution is 7.16. The molecular weight excluding hydrogens is 324 g/mol. The Kier molecular flexibility index (Phi) is 4.87. The molecule has 0 saturated heterocycles. The maximum Gasteiger partial charge on any atom is 0.263 e. The summed E-state index contributed by atoms with van der Waals surface area (Å²) in [7, 11) is 0. The van der Waals surface area contributed by atoms with Crippen molar-refractivity contribution in [2.45, 2.75) is 38.6 Å². The molecule has 1 aromatic heterocycles. The Morgan fingerprint density at radius 3 is 3.08 bits per heavy atom. The summed E-state index contributed by atoms with van der Waals surface area (Å²) in [6.07, 6.45) is 3.83. The molecule has 1 amide bonds. The lowest BCUT2D eigenvalue weighted by Gasteiger charge is -2.28. The molecule has 2 aromatic rings. The van der Waals surface area contributed by atoms with Gasteiger partial charge in [-0.05, 0) is 43.5 Å². The van der Waals surface area contributed by atoms with Crippen molar-refractivity contribution in [1.29, 1.82) is 0 Å². The molecule has 2 N–H and O–H groups in total. The summed E-state index contributed by atoms with van der Waals surface area (Å²) in [6.45, 7) is 4.73. The Balaban J connectivity index is 1.76. The maximum absolute atomic E-state index is 12.5. The van der Waals surface area contributed by atoms with Crippen LogP contribution in [0.5, 0.6) is 5.75 Å². The van der Waals surface area contributed by atoms with Crippen LogP contribution in [-0.2, 0) is 6.42 Å². The number of nitrogens with zero attached hydrogens (tertiary/aromatic N) is 1. The van der Waals surface area contributed by atoms with E-state index >= 15 is 0 Å². The monoisotopic (exact) mass is 346 g/mol. The van der Waals surface area contributed by atoms with E-state index in [-0.39, 0.29) is 12.5 Å². The first-order valence-corrected chi connectivity index (χ1v) is 9.01. The van der Waals surface area contributed by atoms with Crippen LogP contribution in [0, 0.1) is 0 Å². The fourth-order valence-electron chi connectivity index (χ4n) is 2.74. The van der Waals surface area contributed by atoms with Crippen molar-refractivity contribution in [3.8, 4) is 16.3 Å². The molecular formula is C18H22N2O3S. The van der Waals surface area contributed by atoms with Crippen molar-refractivity contribution >= 4 is 17.2 Å². The fourth-order valence-corrected chi connectivity index (χ4v) is 3.55. The number of hydrogen-bond donors (Lipinski definition) is 2. The number of aliphatic hydroxyl groups is 1. The predicted octanol–water partition coefficient (Wildman–Crippen LogP) is 3.03. The number of fused-ring (bicyclic) bond motifs is 1. The van der Waals surface area contributed by atoms with Gasteiger partial charge in [0, 0.05) is 24.1 Å². The number of aliphatic hydroxyl groups excluding tert-OH is 1. The molecule has 0 bridgehead atoms. The number of ether oxygens (including phenoxy) is 1. The summed E-state index contributed by atoms with van der Waals surface area (Å²) in [5.74, 6) is 0.803. The van der Waals surface area contributed by atoms with Crippen LogP contribution in [0.1, 0.15) is 41.9 Å². The maximum atomic E-state index is 12.5. The Bertz CT molecular complexity index is 744. The number of rotatable bonds is 6. The van der Waals surface area contributed by atoms with Crippen LogP contribution in [0.2, 0.25) is 0 Å². The number of carbonyl (C=O) groups is 1. The van der Waals surface area contributed by atoms with E-state index in [4.69, 9.17) is 4.74 Å². The number of thiazole rings is 1. The zero-order valence-electron chi connectivity index (χ0n) is 14.0. The number of hydrogen-bond acceptors (Lipinski definition) is 5. The second-order valence-electron chi connectivity index (χ2n) is 6.29. The van der Waals surface area contributed by atoms with Gasteiger partial charge < -0.3 is 15.2 Å². The SMILES string of the molecule is CCC(C)(CCO)NC(=O)c1cnc(-c2ccc3c(c2)CCO3)s1. The standard InChI is InChI=1S/C18H22N2O3S/c1-3-18(2,7-8-21)20-16(22)15-11-19-17(24-15)13-4-5-14-12(10-13)6-9-23-14/h4-5,10-11,21H,3,6-9H2,1-2H3,(H,20,22). The molecule has 3 rings (SSSR count). The van der Waals surface area contributed by atoms with E-state index in [2.05, 4.69) is 16.4 Å². The molecule has 0 radical (unpaired) electrons. The number of amides is 1. The van der Waals surface area contributed by atoms with Crippen molar-refractivity contribution in [2.24, 2.45) is 0 Å². The fraction of sp³-hybridized carbons (Fsp3) is 0.444. The molecule has 1 unspecified atom stereocenters. The lowest BCUT2D eigenvalue weighted by atomic mass is 9.95. The number of benzene rings is 1. The van der Waals surface area contributed by atoms with E-state index in [0.717, 1.165) is 35.8 Å². The Morgan fingerprint density at radius 1 is 1.50 bits per heavy atom. The second kappa shape index (κ2) is 6.91. The van der Waals surface area contributed by atoms with E-state index < -0.39 is 5.54 Å². The average molecular weight is 346 g/mol. The molecule has 2 heterocycles. The average Bonchev–Trinajstić information content (AvgIpc) is 3.23. The van der Waals surface area contributed by atoms with Gasteiger partial charge in [-0.15, -0.1) is 11.3 Å². The van der Waals surface area contributed by atoms with E-state index in [1.165, 1.54) is 16.9 Å². The molecule has 5 nitrogen and oxygen atoms in total. The lowest BCUT2D eigenvalue weighted by molar-refractivity contribution is 0.0890. The Labute approximate surface area is 145 Å². The molecule has 24 heavy (non-hydrogen) atoms. The zero-order valence-corrected chi connectivity index (χ0v) is 14.8. The summed E-state index contributed by atoms with van der Waals surface area (Å²) in [5, 5.41) is 13.0. The van der Waals surface area contributed by atoms with Crippen molar-refractivity contribution in [3.05, 3.63) is 34.8 Å². The van der Waals surface area contributed by atoms with Gasteiger partial charge in [-0.3, -0.25) is 4.79 Å². The number of nitrogens with one attached hydrogen (secondary N) is 1. The first kappa shape index (κ1) is 16.9. The predicted molar refractivity (Wildman–Crippen MR) is 94.6 cm³/mol. The van der Waals surface area contributed by atoms with Crippen LogP contribution in [0.15, 0.2) is 24.4 Å². The van der Waals surface area contributed by atoms with Crippen molar-refractivity contribution in [2.75, 3.05) is 13.2 Å². The molecule has 0 fully saturated rings. The van der Waals surface area contributed by atoms with Crippen LogP contribution in [0.3, 0.4) is 0 Å². The summed E-state index contributed by atoms with van der Waals surface area (Å²) in [4.78, 5) is 17.5. The molecule has 6 heteroatoms. The molecule has 128 valence electrons. The van der Waals surface area contributed by atoms with Gasteiger partial charge in [-0.1, -0.05) is 6.92 Å². The van der Waals surface area contributed by atoms with Crippen molar-refractivity contribution in [3.63, 3.8) is 0 Å². The third-order valence-electron chi connectivity index (χ3n) is 4.53. The van der Waals surface area contributed by atoms with Crippen LogP contribution < -0.4 is 10.1 Å². The van der Waals surface area contributed by atoms with Gasteiger partial charge in [0.25, 0.3) is 5.91 Å². The third-order valence-corrected chi connectivity index (χ3v) is 5.57. The molecule has 0 spiro atoms. The normalized spacial score (nSPS) is 15.5. The minimum atomic E-state index is -0.402. The van der Waals surface area contributed by atoms with E-state index in [1.807, 2.05) is 26.0 Å². The minimum absolute atomic E-state index is 0.0513. The van der Waals surface area contributed by atoms with Gasteiger partial charge in [0.2, 0.25) is 0 Å². The van der Waals surface area contributed by atoms with Gasteiger partial charge in [0.05, 0.1) is 12.8 Å². The third kappa shape index (κ3) is 3.44.